The molecule has 0 saturated carbocycles. The van der Waals surface area contributed by atoms with Gasteiger partial charge in [0.2, 0.25) is 0 Å². The molecule has 0 fully saturated rings. The molecule has 0 saturated heterocycles. The van der Waals surface area contributed by atoms with Crippen LogP contribution in [0.2, 0.25) is 0 Å². The Hall–Kier alpha value is -0.0400. The minimum absolute atomic E-state index is 0.494. The van der Waals surface area contributed by atoms with Gasteiger partial charge in [0.05, 0.1) is 0 Å². The number of hydrogen-bond acceptors (Lipinski definition) is 1. The van der Waals surface area contributed by atoms with E-state index >= 15 is 0 Å². The molecule has 0 atom stereocenters. The maximum Gasteiger partial charge on any atom is -0.00258 e. The normalized spacial score (nSPS) is 12.8. The molecule has 0 heterocycles. The van der Waals surface area contributed by atoms with Crippen molar-refractivity contribution in [2.75, 3.05) is 13.1 Å². The van der Waals surface area contributed by atoms with E-state index in [2.05, 4.69) is 46.9 Å². The van der Waals surface area contributed by atoms with Gasteiger partial charge in [-0.3, -0.25) is 0 Å². The van der Waals surface area contributed by atoms with Gasteiger partial charge in [-0.2, -0.15) is 0 Å². The second-order valence-corrected chi connectivity index (χ2v) is 5.85. The Morgan fingerprint density at radius 1 is 1.07 bits per heavy atom. The number of rotatable bonds is 8. The fourth-order valence-electron chi connectivity index (χ4n) is 2.40. The van der Waals surface area contributed by atoms with E-state index in [1.165, 1.54) is 25.8 Å². The van der Waals surface area contributed by atoms with Crippen molar-refractivity contribution in [3.63, 3.8) is 0 Å². The summed E-state index contributed by atoms with van der Waals surface area (Å²) < 4.78 is 0. The van der Waals surface area contributed by atoms with E-state index in [0.717, 1.165) is 18.4 Å². The molecular weight excluding hydrogens is 182 g/mol. The first-order chi connectivity index (χ1) is 6.94. The number of nitrogens with one attached hydrogen (secondary N) is 1. The van der Waals surface area contributed by atoms with E-state index in [1.807, 2.05) is 0 Å². The van der Waals surface area contributed by atoms with Gasteiger partial charge in [-0.05, 0) is 36.8 Å². The predicted molar refractivity (Wildman–Crippen MR) is 70.2 cm³/mol. The summed E-state index contributed by atoms with van der Waals surface area (Å²) in [4.78, 5) is 0. The summed E-state index contributed by atoms with van der Waals surface area (Å²) in [7, 11) is 0. The van der Waals surface area contributed by atoms with Crippen LogP contribution in [0, 0.1) is 17.3 Å². The third-order valence-electron chi connectivity index (χ3n) is 3.59. The van der Waals surface area contributed by atoms with Crippen LogP contribution in [0.4, 0.5) is 0 Å². The molecule has 1 N–H and O–H groups in total. The van der Waals surface area contributed by atoms with Gasteiger partial charge in [0.25, 0.3) is 0 Å². The highest BCUT2D eigenvalue weighted by Gasteiger charge is 2.25. The molecule has 0 rings (SSSR count). The highest BCUT2D eigenvalue weighted by molar-refractivity contribution is 4.77. The second-order valence-electron chi connectivity index (χ2n) is 5.85. The van der Waals surface area contributed by atoms with Crippen LogP contribution in [0.5, 0.6) is 0 Å². The zero-order valence-electron chi connectivity index (χ0n) is 11.7. The van der Waals surface area contributed by atoms with Crippen LogP contribution in [0.1, 0.15) is 60.8 Å². The van der Waals surface area contributed by atoms with Gasteiger partial charge in [-0.1, -0.05) is 54.4 Å². The molecule has 1 heteroatoms. The zero-order chi connectivity index (χ0) is 11.9. The largest absolute Gasteiger partial charge is 0.316 e. The van der Waals surface area contributed by atoms with Crippen LogP contribution in [0.15, 0.2) is 0 Å². The van der Waals surface area contributed by atoms with E-state index in [9.17, 15) is 0 Å². The molecule has 0 amide bonds. The number of hydrogen-bond donors (Lipinski definition) is 1. The van der Waals surface area contributed by atoms with Crippen molar-refractivity contribution in [3.8, 4) is 0 Å². The van der Waals surface area contributed by atoms with E-state index in [-0.39, 0.29) is 0 Å². The van der Waals surface area contributed by atoms with Crippen molar-refractivity contribution < 1.29 is 0 Å². The fraction of sp³-hybridized carbons (Fsp3) is 1.00. The van der Waals surface area contributed by atoms with Crippen LogP contribution in [-0.4, -0.2) is 13.1 Å². The van der Waals surface area contributed by atoms with Gasteiger partial charge in [0.15, 0.2) is 0 Å². The minimum Gasteiger partial charge on any atom is -0.316 e. The van der Waals surface area contributed by atoms with Crippen LogP contribution in [0.3, 0.4) is 0 Å². The third kappa shape index (κ3) is 6.19. The lowest BCUT2D eigenvalue weighted by Gasteiger charge is -2.33. The Bertz CT molecular complexity index is 145. The van der Waals surface area contributed by atoms with Crippen LogP contribution < -0.4 is 5.32 Å². The van der Waals surface area contributed by atoms with Crippen molar-refractivity contribution in [1.82, 2.24) is 5.32 Å². The van der Waals surface area contributed by atoms with E-state index in [4.69, 9.17) is 0 Å². The quantitative estimate of drug-likeness (QED) is 0.599. The topological polar surface area (TPSA) is 12.0 Å². The molecule has 0 aliphatic heterocycles. The van der Waals surface area contributed by atoms with Crippen molar-refractivity contribution in [1.29, 1.82) is 0 Å². The van der Waals surface area contributed by atoms with Crippen molar-refractivity contribution in [2.45, 2.75) is 60.8 Å². The smallest absolute Gasteiger partial charge is 0.00258 e. The lowest BCUT2D eigenvalue weighted by atomic mass is 9.73. The first-order valence-electron chi connectivity index (χ1n) is 6.64. The monoisotopic (exact) mass is 213 g/mol. The summed E-state index contributed by atoms with van der Waals surface area (Å²) in [6.45, 7) is 16.3. The Balaban J connectivity index is 3.82. The minimum atomic E-state index is 0.494. The van der Waals surface area contributed by atoms with Gasteiger partial charge in [-0.15, -0.1) is 0 Å². The lowest BCUT2D eigenvalue weighted by molar-refractivity contribution is 0.181. The lowest BCUT2D eigenvalue weighted by Crippen LogP contribution is -2.30. The van der Waals surface area contributed by atoms with Gasteiger partial charge < -0.3 is 5.32 Å². The molecule has 0 aliphatic rings. The molecule has 1 nitrogen and oxygen atoms in total. The SMILES string of the molecule is CCC(CC)C(C)(C)CCNCC(C)C. The fourth-order valence-corrected chi connectivity index (χ4v) is 2.40. The summed E-state index contributed by atoms with van der Waals surface area (Å²) in [5.41, 5.74) is 0.494. The highest BCUT2D eigenvalue weighted by Crippen LogP contribution is 2.34. The maximum atomic E-state index is 3.54. The maximum absolute atomic E-state index is 3.54. The first-order valence-corrected chi connectivity index (χ1v) is 6.64. The molecule has 0 unspecified atom stereocenters. The van der Waals surface area contributed by atoms with Gasteiger partial charge in [0, 0.05) is 0 Å². The summed E-state index contributed by atoms with van der Waals surface area (Å²) in [5.74, 6) is 1.64. The Kier molecular flexibility index (Phi) is 7.25. The van der Waals surface area contributed by atoms with E-state index < -0.39 is 0 Å². The molecule has 0 aromatic carbocycles. The molecule has 92 valence electrons. The average Bonchev–Trinajstić information content (AvgIpc) is 2.14. The summed E-state index contributed by atoms with van der Waals surface area (Å²) in [5, 5.41) is 3.54. The van der Waals surface area contributed by atoms with Crippen LogP contribution >= 0.6 is 0 Å². The molecule has 0 aromatic heterocycles. The van der Waals surface area contributed by atoms with E-state index in [1.54, 1.807) is 0 Å². The molecule has 0 aliphatic carbocycles. The first kappa shape index (κ1) is 15.0. The van der Waals surface area contributed by atoms with Gasteiger partial charge in [0.1, 0.15) is 0 Å². The molecule has 0 spiro atoms. The van der Waals surface area contributed by atoms with Gasteiger partial charge >= 0.3 is 0 Å². The standard InChI is InChI=1S/C14H31N/c1-7-13(8-2)14(5,6)9-10-15-11-12(3)4/h12-13,15H,7-11H2,1-6H3. The predicted octanol–water partition coefficient (Wildman–Crippen LogP) is 4.08. The van der Waals surface area contributed by atoms with Gasteiger partial charge in [-0.25, -0.2) is 0 Å². The average molecular weight is 213 g/mol. The molecule has 15 heavy (non-hydrogen) atoms. The summed E-state index contributed by atoms with van der Waals surface area (Å²) >= 11 is 0. The van der Waals surface area contributed by atoms with Crippen molar-refractivity contribution in [3.05, 3.63) is 0 Å². The summed E-state index contributed by atoms with van der Waals surface area (Å²) in [6, 6.07) is 0. The zero-order valence-corrected chi connectivity index (χ0v) is 11.7. The van der Waals surface area contributed by atoms with E-state index in [0.29, 0.717) is 5.41 Å². The molecule has 0 radical (unpaired) electrons. The third-order valence-corrected chi connectivity index (χ3v) is 3.59. The summed E-state index contributed by atoms with van der Waals surface area (Å²) in [6.07, 6.45) is 3.92. The van der Waals surface area contributed by atoms with Crippen molar-refractivity contribution >= 4 is 0 Å². The Labute approximate surface area is 97.0 Å². The molecule has 0 bridgehead atoms. The second kappa shape index (κ2) is 7.27. The molecular formula is C14H31N. The van der Waals surface area contributed by atoms with Crippen LogP contribution in [0.25, 0.3) is 0 Å². The Morgan fingerprint density at radius 2 is 1.60 bits per heavy atom. The Morgan fingerprint density at radius 3 is 2.00 bits per heavy atom. The van der Waals surface area contributed by atoms with Crippen LogP contribution in [-0.2, 0) is 0 Å². The van der Waals surface area contributed by atoms with Crippen molar-refractivity contribution in [2.24, 2.45) is 17.3 Å². The molecule has 0 aromatic rings. The highest BCUT2D eigenvalue weighted by atomic mass is 14.9.